The lowest BCUT2D eigenvalue weighted by Gasteiger charge is -2.09. The highest BCUT2D eigenvalue weighted by atomic mass is 32.2. The number of ketones is 1. The van der Waals surface area contributed by atoms with Gasteiger partial charge in [-0.25, -0.2) is 8.60 Å². The molecule has 0 saturated heterocycles. The number of Topliss-reactive ketones (excluding diaryl/α,β-unsaturated/α-hetero) is 1. The SMILES string of the molecule is O=C1CCC(=C(c2ccc(-c3ccc(F)cc3)cc2)S(=O)O)C1. The van der Waals surface area contributed by atoms with E-state index in [-0.39, 0.29) is 18.0 Å². The van der Waals surface area contributed by atoms with Crippen LogP contribution in [0, 0.1) is 5.82 Å². The summed E-state index contributed by atoms with van der Waals surface area (Å²) in [5, 5.41) is 0. The third kappa shape index (κ3) is 3.46. The first kappa shape index (κ1) is 15.8. The number of halogens is 1. The van der Waals surface area contributed by atoms with Gasteiger partial charge >= 0.3 is 0 Å². The van der Waals surface area contributed by atoms with Crippen molar-refractivity contribution < 1.29 is 17.9 Å². The highest BCUT2D eigenvalue weighted by molar-refractivity contribution is 7.89. The molecular weight excluding hydrogens is 315 g/mol. The first-order valence-electron chi connectivity index (χ1n) is 7.25. The molecule has 0 heterocycles. The fourth-order valence-corrected chi connectivity index (χ4v) is 3.54. The van der Waals surface area contributed by atoms with Crippen molar-refractivity contribution in [3.05, 3.63) is 65.5 Å². The van der Waals surface area contributed by atoms with E-state index in [1.807, 2.05) is 12.1 Å². The average molecular weight is 330 g/mol. The Morgan fingerprint density at radius 1 is 0.957 bits per heavy atom. The number of benzene rings is 2. The third-order valence-corrected chi connectivity index (χ3v) is 4.81. The molecule has 0 amide bonds. The van der Waals surface area contributed by atoms with Gasteiger partial charge in [-0.3, -0.25) is 4.79 Å². The molecule has 0 bridgehead atoms. The van der Waals surface area contributed by atoms with Crippen molar-refractivity contribution in [3.63, 3.8) is 0 Å². The van der Waals surface area contributed by atoms with E-state index < -0.39 is 11.1 Å². The van der Waals surface area contributed by atoms with E-state index in [0.717, 1.165) is 16.7 Å². The molecule has 0 radical (unpaired) electrons. The molecule has 5 heteroatoms. The maximum atomic E-state index is 13.0. The van der Waals surface area contributed by atoms with Gasteiger partial charge in [-0.15, -0.1) is 0 Å². The normalized spacial score (nSPS) is 18.1. The molecule has 118 valence electrons. The predicted octanol–water partition coefficient (Wildman–Crippen LogP) is 4.18. The van der Waals surface area contributed by atoms with Crippen LogP contribution >= 0.6 is 0 Å². The van der Waals surface area contributed by atoms with Crippen molar-refractivity contribution in [1.29, 1.82) is 0 Å². The van der Waals surface area contributed by atoms with Gasteiger partial charge in [0.25, 0.3) is 0 Å². The first-order valence-corrected chi connectivity index (χ1v) is 8.36. The summed E-state index contributed by atoms with van der Waals surface area (Å²) >= 11 is -2.14. The Hall–Kier alpha value is -2.11. The molecule has 1 fully saturated rings. The molecule has 1 aliphatic carbocycles. The van der Waals surface area contributed by atoms with E-state index in [1.54, 1.807) is 24.3 Å². The maximum Gasteiger partial charge on any atom is 0.187 e. The molecule has 1 N–H and O–H groups in total. The fraction of sp³-hybridized carbons (Fsp3) is 0.167. The molecule has 2 aromatic rings. The van der Waals surface area contributed by atoms with Crippen LogP contribution in [0.1, 0.15) is 24.8 Å². The molecular formula is C18H15FO3S. The molecule has 0 aliphatic heterocycles. The smallest absolute Gasteiger partial charge is 0.187 e. The second-order valence-electron chi connectivity index (χ2n) is 5.48. The Morgan fingerprint density at radius 2 is 1.52 bits per heavy atom. The van der Waals surface area contributed by atoms with Crippen LogP contribution in [0.15, 0.2) is 54.1 Å². The minimum absolute atomic E-state index is 0.103. The van der Waals surface area contributed by atoms with Crippen molar-refractivity contribution in [3.8, 4) is 11.1 Å². The Morgan fingerprint density at radius 3 is 2.00 bits per heavy atom. The lowest BCUT2D eigenvalue weighted by atomic mass is 10.0. The van der Waals surface area contributed by atoms with Gasteiger partial charge < -0.3 is 4.55 Å². The summed E-state index contributed by atoms with van der Waals surface area (Å²) in [4.78, 5) is 11.8. The monoisotopic (exact) mass is 330 g/mol. The van der Waals surface area contributed by atoms with Gasteiger partial charge in [0.05, 0.1) is 4.91 Å². The van der Waals surface area contributed by atoms with Crippen LogP contribution in [-0.4, -0.2) is 14.5 Å². The lowest BCUT2D eigenvalue weighted by Crippen LogP contribution is -1.97. The number of carbonyl (C=O) groups is 1. The summed E-state index contributed by atoms with van der Waals surface area (Å²) in [6, 6.07) is 13.3. The highest BCUT2D eigenvalue weighted by Gasteiger charge is 2.23. The van der Waals surface area contributed by atoms with E-state index in [4.69, 9.17) is 0 Å². The van der Waals surface area contributed by atoms with Crippen molar-refractivity contribution >= 4 is 21.8 Å². The number of rotatable bonds is 3. The van der Waals surface area contributed by atoms with Crippen LogP contribution in [0.2, 0.25) is 0 Å². The Kier molecular flexibility index (Phi) is 4.50. The molecule has 1 unspecified atom stereocenters. The van der Waals surface area contributed by atoms with Crippen LogP contribution < -0.4 is 0 Å². The Bertz CT molecular complexity index is 792. The number of carbonyl (C=O) groups excluding carboxylic acids is 1. The molecule has 1 saturated carbocycles. The lowest BCUT2D eigenvalue weighted by molar-refractivity contribution is -0.117. The minimum atomic E-state index is -2.14. The van der Waals surface area contributed by atoms with Crippen LogP contribution in [0.3, 0.4) is 0 Å². The van der Waals surface area contributed by atoms with E-state index in [9.17, 15) is 17.9 Å². The Balaban J connectivity index is 1.96. The van der Waals surface area contributed by atoms with Gasteiger partial charge in [-0.1, -0.05) is 36.4 Å². The van der Waals surface area contributed by atoms with Crippen molar-refractivity contribution in [2.45, 2.75) is 19.3 Å². The van der Waals surface area contributed by atoms with Gasteiger partial charge in [0, 0.05) is 12.8 Å². The molecule has 23 heavy (non-hydrogen) atoms. The van der Waals surface area contributed by atoms with E-state index in [0.29, 0.717) is 23.3 Å². The van der Waals surface area contributed by atoms with Gasteiger partial charge in [-0.05, 0) is 40.8 Å². The third-order valence-electron chi connectivity index (χ3n) is 3.94. The standard InChI is InChI=1S/C18H15FO3S/c19-16-8-5-13(6-9-16)12-1-3-14(4-2-12)18(23(21)22)15-7-10-17(20)11-15/h1-6,8-9H,7,10-11H2,(H,21,22). The van der Waals surface area contributed by atoms with Gasteiger partial charge in [0.2, 0.25) is 0 Å². The zero-order chi connectivity index (χ0) is 16.4. The second-order valence-corrected chi connectivity index (χ2v) is 6.39. The molecule has 1 atom stereocenters. The fourth-order valence-electron chi connectivity index (χ4n) is 2.78. The minimum Gasteiger partial charge on any atom is -0.302 e. The molecule has 1 aliphatic rings. The summed E-state index contributed by atoms with van der Waals surface area (Å²) in [6.07, 6.45) is 1.23. The van der Waals surface area contributed by atoms with Gasteiger partial charge in [0.1, 0.15) is 11.6 Å². The zero-order valence-electron chi connectivity index (χ0n) is 12.3. The quantitative estimate of drug-likeness (QED) is 0.859. The van der Waals surface area contributed by atoms with Crippen LogP contribution in [-0.2, 0) is 15.9 Å². The summed E-state index contributed by atoms with van der Waals surface area (Å²) < 4.78 is 34.2. The maximum absolute atomic E-state index is 13.0. The number of allylic oxidation sites excluding steroid dienone is 1. The topological polar surface area (TPSA) is 54.4 Å². The van der Waals surface area contributed by atoms with Gasteiger partial charge in [-0.2, -0.15) is 0 Å². The van der Waals surface area contributed by atoms with E-state index in [1.165, 1.54) is 12.1 Å². The average Bonchev–Trinajstić information content (AvgIpc) is 2.95. The van der Waals surface area contributed by atoms with E-state index >= 15 is 0 Å². The molecule has 0 spiro atoms. The molecule has 3 rings (SSSR count). The molecule has 3 nitrogen and oxygen atoms in total. The van der Waals surface area contributed by atoms with Crippen molar-refractivity contribution in [2.75, 3.05) is 0 Å². The zero-order valence-corrected chi connectivity index (χ0v) is 13.1. The highest BCUT2D eigenvalue weighted by Crippen LogP contribution is 2.32. The van der Waals surface area contributed by atoms with Crippen LogP contribution in [0.25, 0.3) is 16.0 Å². The number of hydrogen-bond acceptors (Lipinski definition) is 2. The molecule has 0 aromatic heterocycles. The summed E-state index contributed by atoms with van der Waals surface area (Å²) in [6.45, 7) is 0. The Labute approximate surface area is 136 Å². The second kappa shape index (κ2) is 6.56. The summed E-state index contributed by atoms with van der Waals surface area (Å²) in [5.74, 6) is -0.190. The summed E-state index contributed by atoms with van der Waals surface area (Å²) in [7, 11) is 0. The predicted molar refractivity (Wildman–Crippen MR) is 88.4 cm³/mol. The number of hydrogen-bond donors (Lipinski definition) is 1. The largest absolute Gasteiger partial charge is 0.302 e. The first-order chi connectivity index (χ1) is 11.0. The van der Waals surface area contributed by atoms with Crippen LogP contribution in [0.5, 0.6) is 0 Å². The van der Waals surface area contributed by atoms with Crippen LogP contribution in [0.4, 0.5) is 4.39 Å². The van der Waals surface area contributed by atoms with Crippen molar-refractivity contribution in [2.24, 2.45) is 0 Å². The van der Waals surface area contributed by atoms with Crippen molar-refractivity contribution in [1.82, 2.24) is 0 Å². The summed E-state index contributed by atoms with van der Waals surface area (Å²) in [5.41, 5.74) is 3.14. The van der Waals surface area contributed by atoms with Gasteiger partial charge in [0.15, 0.2) is 11.1 Å². The molecule has 2 aromatic carbocycles. The van der Waals surface area contributed by atoms with E-state index in [2.05, 4.69) is 0 Å².